The van der Waals surface area contributed by atoms with Crippen LogP contribution >= 0.6 is 0 Å². The zero-order valence-electron chi connectivity index (χ0n) is 7.42. The van der Waals surface area contributed by atoms with Gasteiger partial charge in [0.1, 0.15) is 6.04 Å². The molecule has 3 heteroatoms. The van der Waals surface area contributed by atoms with Gasteiger partial charge in [0, 0.05) is 6.04 Å². The number of hydrogen-bond donors (Lipinski definition) is 2. The molecule has 1 atom stereocenters. The summed E-state index contributed by atoms with van der Waals surface area (Å²) in [6.07, 6.45) is 1.60. The molecular weight excluding hydrogens is 142 g/mol. The van der Waals surface area contributed by atoms with E-state index in [1.807, 2.05) is 20.8 Å². The molecule has 0 aliphatic rings. The molecule has 3 nitrogen and oxygen atoms in total. The van der Waals surface area contributed by atoms with Gasteiger partial charge in [-0.25, -0.2) is 0 Å². The van der Waals surface area contributed by atoms with Crippen molar-refractivity contribution in [3.63, 3.8) is 0 Å². The van der Waals surface area contributed by atoms with E-state index >= 15 is 0 Å². The van der Waals surface area contributed by atoms with Gasteiger partial charge < -0.3 is 10.4 Å². The fraction of sp³-hybridized carbons (Fsp3) is 0.875. The first-order chi connectivity index (χ1) is 5.07. The zero-order chi connectivity index (χ0) is 8.85. The van der Waals surface area contributed by atoms with Crippen LogP contribution in [-0.2, 0) is 4.79 Å². The Kier molecular flexibility index (Phi) is 4.86. The third-order valence-electron chi connectivity index (χ3n) is 1.41. The molecule has 0 aliphatic heterocycles. The van der Waals surface area contributed by atoms with Gasteiger partial charge in [0.15, 0.2) is 0 Å². The highest BCUT2D eigenvalue weighted by molar-refractivity contribution is 5.73. The van der Waals surface area contributed by atoms with E-state index in [1.54, 1.807) is 0 Å². The highest BCUT2D eigenvalue weighted by Gasteiger charge is 2.15. The molecule has 0 bridgehead atoms. The fourth-order valence-corrected chi connectivity index (χ4v) is 0.969. The number of carbonyl (C=O) groups is 1. The average molecular weight is 159 g/mol. The van der Waals surface area contributed by atoms with Crippen molar-refractivity contribution in [3.8, 4) is 0 Å². The first kappa shape index (κ1) is 10.4. The fourth-order valence-electron chi connectivity index (χ4n) is 0.969. The summed E-state index contributed by atoms with van der Waals surface area (Å²) in [5.41, 5.74) is 0. The van der Waals surface area contributed by atoms with E-state index in [1.165, 1.54) is 0 Å². The van der Waals surface area contributed by atoms with E-state index in [2.05, 4.69) is 5.32 Å². The predicted octanol–water partition coefficient (Wildman–Crippen LogP) is 1.24. The molecule has 0 saturated carbocycles. The summed E-state index contributed by atoms with van der Waals surface area (Å²) in [7, 11) is 0. The summed E-state index contributed by atoms with van der Waals surface area (Å²) >= 11 is 0. The lowest BCUT2D eigenvalue weighted by molar-refractivity contribution is -0.139. The lowest BCUT2D eigenvalue weighted by Gasteiger charge is -2.15. The molecule has 0 saturated heterocycles. The van der Waals surface area contributed by atoms with Crippen molar-refractivity contribution in [2.45, 2.75) is 45.7 Å². The van der Waals surface area contributed by atoms with Crippen molar-refractivity contribution >= 4 is 5.97 Å². The Morgan fingerprint density at radius 3 is 2.36 bits per heavy atom. The van der Waals surface area contributed by atoms with Gasteiger partial charge in [-0.2, -0.15) is 0 Å². The summed E-state index contributed by atoms with van der Waals surface area (Å²) in [5, 5.41) is 11.7. The number of carboxylic acid groups (broad SMARTS) is 1. The molecule has 1 unspecified atom stereocenters. The molecule has 0 heterocycles. The molecule has 0 spiro atoms. The van der Waals surface area contributed by atoms with Gasteiger partial charge >= 0.3 is 5.97 Å². The topological polar surface area (TPSA) is 49.3 Å². The molecule has 2 N–H and O–H groups in total. The van der Waals surface area contributed by atoms with Gasteiger partial charge in [-0.3, -0.25) is 4.79 Å². The van der Waals surface area contributed by atoms with Crippen LogP contribution < -0.4 is 5.32 Å². The molecule has 0 aromatic carbocycles. The number of rotatable bonds is 5. The Hall–Kier alpha value is -0.570. The smallest absolute Gasteiger partial charge is 0.320 e. The van der Waals surface area contributed by atoms with Gasteiger partial charge in [-0.1, -0.05) is 27.2 Å². The quantitative estimate of drug-likeness (QED) is 0.634. The van der Waals surface area contributed by atoms with E-state index < -0.39 is 5.97 Å². The van der Waals surface area contributed by atoms with Crippen LogP contribution in [0.5, 0.6) is 0 Å². The Balaban J connectivity index is 3.79. The first-order valence-corrected chi connectivity index (χ1v) is 4.06. The molecule has 0 aromatic heterocycles. The minimum Gasteiger partial charge on any atom is -0.480 e. The number of carboxylic acids is 1. The summed E-state index contributed by atoms with van der Waals surface area (Å²) in [6.45, 7) is 5.88. The van der Waals surface area contributed by atoms with Gasteiger partial charge in [0.25, 0.3) is 0 Å². The Morgan fingerprint density at radius 2 is 2.09 bits per heavy atom. The van der Waals surface area contributed by atoms with E-state index in [4.69, 9.17) is 5.11 Å². The molecule has 66 valence electrons. The molecule has 11 heavy (non-hydrogen) atoms. The third kappa shape index (κ3) is 4.79. The van der Waals surface area contributed by atoms with E-state index in [-0.39, 0.29) is 12.1 Å². The molecule has 0 fully saturated rings. The van der Waals surface area contributed by atoms with Crippen LogP contribution in [0.25, 0.3) is 0 Å². The Bertz CT molecular complexity index is 123. The summed E-state index contributed by atoms with van der Waals surface area (Å²) in [5.74, 6) is -0.749. The molecule has 0 radical (unpaired) electrons. The lowest BCUT2D eigenvalue weighted by Crippen LogP contribution is -2.40. The number of hydrogen-bond acceptors (Lipinski definition) is 2. The Morgan fingerprint density at radius 1 is 1.55 bits per heavy atom. The van der Waals surface area contributed by atoms with E-state index in [0.29, 0.717) is 6.42 Å². The normalized spacial score (nSPS) is 13.5. The maximum absolute atomic E-state index is 10.6. The van der Waals surface area contributed by atoms with E-state index in [9.17, 15) is 4.79 Å². The van der Waals surface area contributed by atoms with Crippen molar-refractivity contribution in [2.75, 3.05) is 0 Å². The third-order valence-corrected chi connectivity index (χ3v) is 1.41. The van der Waals surface area contributed by atoms with Crippen molar-refractivity contribution in [3.05, 3.63) is 0 Å². The van der Waals surface area contributed by atoms with Gasteiger partial charge in [-0.05, 0) is 6.42 Å². The summed E-state index contributed by atoms with van der Waals surface area (Å²) < 4.78 is 0. The summed E-state index contributed by atoms with van der Waals surface area (Å²) in [6, 6.07) is -0.136. The first-order valence-electron chi connectivity index (χ1n) is 4.06. The van der Waals surface area contributed by atoms with Crippen LogP contribution in [0.2, 0.25) is 0 Å². The van der Waals surface area contributed by atoms with Crippen LogP contribution in [0, 0.1) is 0 Å². The van der Waals surface area contributed by atoms with Crippen LogP contribution in [0.3, 0.4) is 0 Å². The second kappa shape index (κ2) is 5.13. The van der Waals surface area contributed by atoms with Gasteiger partial charge in [0.05, 0.1) is 0 Å². The van der Waals surface area contributed by atoms with Crippen LogP contribution in [0.15, 0.2) is 0 Å². The lowest BCUT2D eigenvalue weighted by atomic mass is 10.1. The maximum atomic E-state index is 10.6. The van der Waals surface area contributed by atoms with E-state index in [0.717, 1.165) is 6.42 Å². The second-order valence-corrected chi connectivity index (χ2v) is 3.00. The second-order valence-electron chi connectivity index (χ2n) is 3.00. The van der Waals surface area contributed by atoms with Crippen LogP contribution in [0.1, 0.15) is 33.6 Å². The molecule has 0 aliphatic carbocycles. The maximum Gasteiger partial charge on any atom is 0.320 e. The molecule has 0 aromatic rings. The van der Waals surface area contributed by atoms with Crippen LogP contribution in [0.4, 0.5) is 0 Å². The standard InChI is InChI=1S/C8H17NO2/c1-4-5-7(8(10)11)9-6(2)3/h6-7,9H,4-5H2,1-3H3,(H,10,11). The largest absolute Gasteiger partial charge is 0.480 e. The molecule has 0 amide bonds. The minimum absolute atomic E-state index is 0.239. The van der Waals surface area contributed by atoms with Gasteiger partial charge in [0.2, 0.25) is 0 Å². The SMILES string of the molecule is CCCC(NC(C)C)C(=O)O. The summed E-state index contributed by atoms with van der Waals surface area (Å²) in [4.78, 5) is 10.6. The highest BCUT2D eigenvalue weighted by atomic mass is 16.4. The number of aliphatic carboxylic acids is 1. The van der Waals surface area contributed by atoms with Gasteiger partial charge in [-0.15, -0.1) is 0 Å². The van der Waals surface area contributed by atoms with Crippen molar-refractivity contribution in [1.82, 2.24) is 5.32 Å². The molecule has 0 rings (SSSR count). The average Bonchev–Trinajstić information content (AvgIpc) is 1.86. The highest BCUT2D eigenvalue weighted by Crippen LogP contribution is 1.97. The zero-order valence-corrected chi connectivity index (χ0v) is 7.42. The predicted molar refractivity (Wildman–Crippen MR) is 44.6 cm³/mol. The minimum atomic E-state index is -0.749. The van der Waals surface area contributed by atoms with Crippen LogP contribution in [-0.4, -0.2) is 23.2 Å². The van der Waals surface area contributed by atoms with Crippen molar-refractivity contribution in [1.29, 1.82) is 0 Å². The monoisotopic (exact) mass is 159 g/mol. The van der Waals surface area contributed by atoms with Crippen molar-refractivity contribution < 1.29 is 9.90 Å². The Labute approximate surface area is 67.8 Å². The number of nitrogens with one attached hydrogen (secondary N) is 1. The molecular formula is C8H17NO2. The van der Waals surface area contributed by atoms with Crippen molar-refractivity contribution in [2.24, 2.45) is 0 Å².